The third kappa shape index (κ3) is 3.45. The van der Waals surface area contributed by atoms with Crippen LogP contribution in [-0.2, 0) is 0 Å². The highest BCUT2D eigenvalue weighted by molar-refractivity contribution is 5.75. The van der Waals surface area contributed by atoms with Gasteiger partial charge >= 0.3 is 0 Å². The molecule has 16 heavy (non-hydrogen) atoms. The number of carbonyl (C=O) groups is 1. The fourth-order valence-corrected chi connectivity index (χ4v) is 1.02. The molecule has 0 saturated carbocycles. The summed E-state index contributed by atoms with van der Waals surface area (Å²) in [5, 5.41) is 3.29. The van der Waals surface area contributed by atoms with Gasteiger partial charge in [-0.3, -0.25) is 4.79 Å². The van der Waals surface area contributed by atoms with Gasteiger partial charge in [-0.1, -0.05) is 17.0 Å². The van der Waals surface area contributed by atoms with Gasteiger partial charge in [0.15, 0.2) is 0 Å². The lowest BCUT2D eigenvalue weighted by Crippen LogP contribution is -1.87. The van der Waals surface area contributed by atoms with E-state index >= 15 is 0 Å². The number of aldehydes is 1. The Kier molecular flexibility index (Phi) is 4.58. The Hall–Kier alpha value is -2.31. The minimum Gasteiger partial charge on any atom is -0.298 e. The molecule has 0 aliphatic carbocycles. The molecule has 0 unspecified atom stereocenters. The summed E-state index contributed by atoms with van der Waals surface area (Å²) in [6.45, 7) is 0.249. The number of carbonyl (C=O) groups excluding carboxylic acids is 1. The molecule has 0 atom stereocenters. The number of halogens is 1. The number of azide groups is 1. The summed E-state index contributed by atoms with van der Waals surface area (Å²) in [4.78, 5) is 13.0. The van der Waals surface area contributed by atoms with Crippen LogP contribution in [0.1, 0.15) is 22.3 Å². The Morgan fingerprint density at radius 3 is 3.06 bits per heavy atom. The van der Waals surface area contributed by atoms with Gasteiger partial charge in [0.2, 0.25) is 0 Å². The maximum atomic E-state index is 13.2. The van der Waals surface area contributed by atoms with Crippen LogP contribution in [0.15, 0.2) is 23.3 Å². The maximum absolute atomic E-state index is 13.2. The number of rotatable bonds is 3. The zero-order chi connectivity index (χ0) is 11.8. The van der Waals surface area contributed by atoms with Crippen molar-refractivity contribution in [2.75, 3.05) is 6.54 Å². The second-order valence-electron chi connectivity index (χ2n) is 2.86. The van der Waals surface area contributed by atoms with E-state index in [0.29, 0.717) is 18.3 Å². The van der Waals surface area contributed by atoms with Crippen LogP contribution in [0.4, 0.5) is 4.39 Å². The molecule has 0 aliphatic rings. The number of hydrogen-bond acceptors (Lipinski definition) is 2. The molecule has 0 fully saturated rings. The standard InChI is InChI=1S/C11H8FN3O/c12-11-5-4-9(8-16)7-10(11)3-1-2-6-14-15-13/h4-5,7-8H,2,6H2. The van der Waals surface area contributed by atoms with E-state index in [1.165, 1.54) is 18.2 Å². The summed E-state index contributed by atoms with van der Waals surface area (Å²) in [6, 6.07) is 3.96. The van der Waals surface area contributed by atoms with Gasteiger partial charge in [-0.05, 0) is 23.7 Å². The van der Waals surface area contributed by atoms with Gasteiger partial charge in [-0.15, -0.1) is 0 Å². The summed E-state index contributed by atoms with van der Waals surface area (Å²) >= 11 is 0. The lowest BCUT2D eigenvalue weighted by molar-refractivity contribution is 0.112. The molecule has 0 radical (unpaired) electrons. The average Bonchev–Trinajstić information content (AvgIpc) is 2.31. The molecule has 80 valence electrons. The SMILES string of the molecule is [N-]=[N+]=NCCC#Cc1cc(C=O)ccc1F. The molecule has 0 aliphatic heterocycles. The molecule has 0 spiro atoms. The third-order valence-corrected chi connectivity index (χ3v) is 1.75. The Morgan fingerprint density at radius 2 is 2.38 bits per heavy atom. The van der Waals surface area contributed by atoms with Crippen molar-refractivity contribution in [3.8, 4) is 11.8 Å². The van der Waals surface area contributed by atoms with Crippen molar-refractivity contribution in [2.24, 2.45) is 5.11 Å². The molecular formula is C11H8FN3O. The van der Waals surface area contributed by atoms with Crippen molar-refractivity contribution in [1.82, 2.24) is 0 Å². The van der Waals surface area contributed by atoms with Gasteiger partial charge in [-0.2, -0.15) is 0 Å². The van der Waals surface area contributed by atoms with Crippen molar-refractivity contribution in [3.05, 3.63) is 45.6 Å². The van der Waals surface area contributed by atoms with E-state index in [1.54, 1.807) is 0 Å². The predicted molar refractivity (Wildman–Crippen MR) is 57.3 cm³/mol. The summed E-state index contributed by atoms with van der Waals surface area (Å²) < 4.78 is 13.2. The second kappa shape index (κ2) is 6.23. The fraction of sp³-hybridized carbons (Fsp3) is 0.182. The predicted octanol–water partition coefficient (Wildman–Crippen LogP) is 2.69. The first-order valence-electron chi connectivity index (χ1n) is 4.52. The van der Waals surface area contributed by atoms with Crippen LogP contribution in [0, 0.1) is 17.7 Å². The van der Waals surface area contributed by atoms with Crippen LogP contribution in [0.25, 0.3) is 10.4 Å². The average molecular weight is 217 g/mol. The Labute approximate surface area is 91.7 Å². The smallest absolute Gasteiger partial charge is 0.150 e. The van der Waals surface area contributed by atoms with Crippen LogP contribution < -0.4 is 0 Å². The topological polar surface area (TPSA) is 65.8 Å². The van der Waals surface area contributed by atoms with Gasteiger partial charge in [0, 0.05) is 23.4 Å². The second-order valence-corrected chi connectivity index (χ2v) is 2.86. The molecule has 1 rings (SSSR count). The van der Waals surface area contributed by atoms with Crippen LogP contribution in [-0.4, -0.2) is 12.8 Å². The van der Waals surface area contributed by atoms with E-state index in [1.807, 2.05) is 0 Å². The lowest BCUT2D eigenvalue weighted by atomic mass is 10.1. The highest BCUT2D eigenvalue weighted by atomic mass is 19.1. The highest BCUT2D eigenvalue weighted by Crippen LogP contribution is 2.07. The van der Waals surface area contributed by atoms with Crippen molar-refractivity contribution >= 4 is 6.29 Å². The first-order valence-corrected chi connectivity index (χ1v) is 4.52. The van der Waals surface area contributed by atoms with Crippen molar-refractivity contribution in [3.63, 3.8) is 0 Å². The molecule has 0 bridgehead atoms. The maximum Gasteiger partial charge on any atom is 0.150 e. The normalized spacial score (nSPS) is 8.56. The fourth-order valence-electron chi connectivity index (χ4n) is 1.02. The minimum absolute atomic E-state index is 0.172. The van der Waals surface area contributed by atoms with Crippen molar-refractivity contribution in [1.29, 1.82) is 0 Å². The van der Waals surface area contributed by atoms with Crippen molar-refractivity contribution < 1.29 is 9.18 Å². The molecule has 0 aromatic heterocycles. The number of hydrogen-bond donors (Lipinski definition) is 0. The summed E-state index contributed by atoms with van der Waals surface area (Å²) in [7, 11) is 0. The van der Waals surface area contributed by atoms with Gasteiger partial charge in [-0.25, -0.2) is 4.39 Å². The quantitative estimate of drug-likeness (QED) is 0.192. The lowest BCUT2D eigenvalue weighted by Gasteiger charge is -1.94. The molecule has 1 aromatic carbocycles. The van der Waals surface area contributed by atoms with Gasteiger partial charge < -0.3 is 0 Å². The summed E-state index contributed by atoms with van der Waals surface area (Å²) in [5.74, 6) is 4.77. The summed E-state index contributed by atoms with van der Waals surface area (Å²) in [5.41, 5.74) is 8.55. The first kappa shape index (κ1) is 11.8. The summed E-state index contributed by atoms with van der Waals surface area (Å²) in [6.07, 6.45) is 0.986. The van der Waals surface area contributed by atoms with E-state index < -0.39 is 5.82 Å². The van der Waals surface area contributed by atoms with Gasteiger partial charge in [0.05, 0.1) is 5.56 Å². The Balaban J connectivity index is 2.78. The molecule has 0 amide bonds. The molecule has 4 nitrogen and oxygen atoms in total. The third-order valence-electron chi connectivity index (χ3n) is 1.75. The minimum atomic E-state index is -0.470. The molecule has 1 aromatic rings. The van der Waals surface area contributed by atoms with Gasteiger partial charge in [0.25, 0.3) is 0 Å². The van der Waals surface area contributed by atoms with E-state index in [0.717, 1.165) is 0 Å². The van der Waals surface area contributed by atoms with Crippen LogP contribution in [0.5, 0.6) is 0 Å². The van der Waals surface area contributed by atoms with Crippen LogP contribution in [0.2, 0.25) is 0 Å². The number of nitrogens with zero attached hydrogens (tertiary/aromatic N) is 3. The van der Waals surface area contributed by atoms with E-state index in [4.69, 9.17) is 5.53 Å². The monoisotopic (exact) mass is 217 g/mol. The molecular weight excluding hydrogens is 209 g/mol. The molecule has 0 N–H and O–H groups in total. The van der Waals surface area contributed by atoms with Gasteiger partial charge in [0.1, 0.15) is 12.1 Å². The zero-order valence-electron chi connectivity index (χ0n) is 8.35. The Bertz CT molecular complexity index is 496. The van der Waals surface area contributed by atoms with Crippen LogP contribution in [0.3, 0.4) is 0 Å². The van der Waals surface area contributed by atoms with Crippen molar-refractivity contribution in [2.45, 2.75) is 6.42 Å². The first-order chi connectivity index (χ1) is 7.77. The number of benzene rings is 1. The van der Waals surface area contributed by atoms with E-state index in [2.05, 4.69) is 21.9 Å². The van der Waals surface area contributed by atoms with Crippen LogP contribution >= 0.6 is 0 Å². The molecule has 0 saturated heterocycles. The highest BCUT2D eigenvalue weighted by Gasteiger charge is 1.99. The van der Waals surface area contributed by atoms with E-state index in [9.17, 15) is 9.18 Å². The molecule has 5 heteroatoms. The van der Waals surface area contributed by atoms with E-state index in [-0.39, 0.29) is 12.1 Å². The largest absolute Gasteiger partial charge is 0.298 e. The zero-order valence-corrected chi connectivity index (χ0v) is 8.35. The molecule has 0 heterocycles. The Morgan fingerprint density at radius 1 is 1.56 bits per heavy atom.